The molecular weight excluding hydrogens is 214 g/mol. The molecule has 2 unspecified atom stereocenters. The summed E-state index contributed by atoms with van der Waals surface area (Å²) in [6.45, 7) is 0. The van der Waals surface area contributed by atoms with Crippen molar-refractivity contribution < 1.29 is 5.11 Å². The highest BCUT2D eigenvalue weighted by Crippen LogP contribution is 2.17. The van der Waals surface area contributed by atoms with E-state index in [4.69, 9.17) is 5.73 Å². The number of nitrogens with two attached hydrogens (primary N) is 1. The second-order valence-corrected chi connectivity index (χ2v) is 4.23. The summed E-state index contributed by atoms with van der Waals surface area (Å²) >= 11 is 0. The predicted molar refractivity (Wildman–Crippen MR) is 66.3 cm³/mol. The smallest absolute Gasteiger partial charge is 0.111 e. The quantitative estimate of drug-likeness (QED) is 0.826. The number of aryl methyl sites for hydroxylation is 1. The Morgan fingerprint density at radius 1 is 1.35 bits per heavy atom. The number of aromatic nitrogens is 2. The zero-order chi connectivity index (χ0) is 12.3. The maximum absolute atomic E-state index is 10.1. The summed E-state index contributed by atoms with van der Waals surface area (Å²) < 4.78 is 1.79. The van der Waals surface area contributed by atoms with Gasteiger partial charge in [0, 0.05) is 13.1 Å². The van der Waals surface area contributed by atoms with Crippen LogP contribution >= 0.6 is 0 Å². The predicted octanol–water partition coefficient (Wildman–Crippen LogP) is 1.02. The lowest BCUT2D eigenvalue weighted by molar-refractivity contribution is 0.138. The van der Waals surface area contributed by atoms with Crippen LogP contribution in [0.1, 0.15) is 17.4 Å². The highest BCUT2D eigenvalue weighted by Gasteiger charge is 2.19. The molecule has 0 spiro atoms. The zero-order valence-electron chi connectivity index (χ0n) is 9.82. The van der Waals surface area contributed by atoms with E-state index >= 15 is 0 Å². The third-order valence-corrected chi connectivity index (χ3v) is 2.88. The Balaban J connectivity index is 2.06. The van der Waals surface area contributed by atoms with E-state index < -0.39 is 6.10 Å². The highest BCUT2D eigenvalue weighted by molar-refractivity contribution is 5.17. The minimum absolute atomic E-state index is 0.326. The van der Waals surface area contributed by atoms with Crippen molar-refractivity contribution in [2.45, 2.75) is 18.6 Å². The van der Waals surface area contributed by atoms with Crippen LogP contribution in [0.2, 0.25) is 0 Å². The van der Waals surface area contributed by atoms with Gasteiger partial charge >= 0.3 is 0 Å². The van der Waals surface area contributed by atoms with Crippen LogP contribution in [-0.4, -0.2) is 20.7 Å². The van der Waals surface area contributed by atoms with Gasteiger partial charge in [-0.15, -0.1) is 0 Å². The number of rotatable bonds is 4. The summed E-state index contributed by atoms with van der Waals surface area (Å²) in [5, 5.41) is 10.1. The molecule has 4 heteroatoms. The first kappa shape index (κ1) is 11.8. The molecule has 0 fully saturated rings. The Hall–Kier alpha value is -1.65. The van der Waals surface area contributed by atoms with Gasteiger partial charge in [0.1, 0.15) is 6.10 Å². The third kappa shape index (κ3) is 2.72. The molecule has 2 atom stereocenters. The number of hydrogen-bond donors (Lipinski definition) is 2. The maximum Gasteiger partial charge on any atom is 0.111 e. The molecule has 0 radical (unpaired) electrons. The molecule has 0 aliphatic heterocycles. The second-order valence-electron chi connectivity index (χ2n) is 4.23. The Kier molecular flexibility index (Phi) is 3.56. The summed E-state index contributed by atoms with van der Waals surface area (Å²) in [4.78, 5) is 3.98. The van der Waals surface area contributed by atoms with Gasteiger partial charge in [-0.25, -0.2) is 4.98 Å². The first-order valence-corrected chi connectivity index (χ1v) is 5.62. The van der Waals surface area contributed by atoms with E-state index in [0.717, 1.165) is 11.3 Å². The largest absolute Gasteiger partial charge is 0.385 e. The Morgan fingerprint density at radius 2 is 2.06 bits per heavy atom. The van der Waals surface area contributed by atoms with E-state index in [1.807, 2.05) is 37.4 Å². The Morgan fingerprint density at radius 3 is 2.65 bits per heavy atom. The van der Waals surface area contributed by atoms with Crippen LogP contribution in [0.4, 0.5) is 0 Å². The first-order chi connectivity index (χ1) is 8.18. The molecule has 0 amide bonds. The minimum atomic E-state index is -0.692. The van der Waals surface area contributed by atoms with E-state index in [1.54, 1.807) is 17.1 Å². The van der Waals surface area contributed by atoms with Gasteiger partial charge in [-0.05, 0) is 12.0 Å². The van der Waals surface area contributed by atoms with Gasteiger partial charge in [0.25, 0.3) is 0 Å². The summed E-state index contributed by atoms with van der Waals surface area (Å²) in [6, 6.07) is 9.60. The molecule has 1 aromatic carbocycles. The molecule has 4 nitrogen and oxygen atoms in total. The van der Waals surface area contributed by atoms with Crippen LogP contribution in [0.25, 0.3) is 0 Å². The second kappa shape index (κ2) is 5.12. The number of benzene rings is 1. The van der Waals surface area contributed by atoms with E-state index in [9.17, 15) is 5.11 Å². The van der Waals surface area contributed by atoms with Crippen molar-refractivity contribution in [3.8, 4) is 0 Å². The Bertz CT molecular complexity index is 467. The third-order valence-electron chi connectivity index (χ3n) is 2.88. The van der Waals surface area contributed by atoms with Gasteiger partial charge in [0.2, 0.25) is 0 Å². The van der Waals surface area contributed by atoms with Crippen molar-refractivity contribution >= 4 is 0 Å². The number of hydrogen-bond acceptors (Lipinski definition) is 3. The molecular formula is C13H17N3O. The summed E-state index contributed by atoms with van der Waals surface area (Å²) in [6.07, 6.45) is 3.26. The maximum atomic E-state index is 10.1. The summed E-state index contributed by atoms with van der Waals surface area (Å²) in [5.74, 6) is 0. The van der Waals surface area contributed by atoms with Crippen LogP contribution in [0.3, 0.4) is 0 Å². The van der Waals surface area contributed by atoms with Gasteiger partial charge in [-0.3, -0.25) is 0 Å². The Labute approximate surface area is 101 Å². The SMILES string of the molecule is Cn1cncc1C(O)C(N)Cc1ccccc1. The van der Waals surface area contributed by atoms with Gasteiger partial charge in [0.05, 0.1) is 18.2 Å². The van der Waals surface area contributed by atoms with Crippen molar-refractivity contribution in [2.24, 2.45) is 12.8 Å². The topological polar surface area (TPSA) is 64.1 Å². The number of imidazole rings is 1. The van der Waals surface area contributed by atoms with Crippen molar-refractivity contribution in [2.75, 3.05) is 0 Å². The molecule has 1 aromatic heterocycles. The van der Waals surface area contributed by atoms with Gasteiger partial charge in [-0.2, -0.15) is 0 Å². The standard InChI is InChI=1S/C13H17N3O/c1-16-9-15-8-12(16)13(17)11(14)7-10-5-3-2-4-6-10/h2-6,8-9,11,13,17H,7,14H2,1H3. The van der Waals surface area contributed by atoms with Crippen LogP contribution < -0.4 is 5.73 Å². The average Bonchev–Trinajstić information content (AvgIpc) is 2.76. The van der Waals surface area contributed by atoms with Crippen molar-refractivity contribution in [1.82, 2.24) is 9.55 Å². The van der Waals surface area contributed by atoms with Crippen LogP contribution in [0, 0.1) is 0 Å². The lowest BCUT2D eigenvalue weighted by atomic mass is 10.0. The molecule has 0 saturated carbocycles. The monoisotopic (exact) mass is 231 g/mol. The normalized spacial score (nSPS) is 14.5. The molecule has 3 N–H and O–H groups in total. The molecule has 2 aromatic rings. The zero-order valence-corrected chi connectivity index (χ0v) is 9.82. The van der Waals surface area contributed by atoms with E-state index in [-0.39, 0.29) is 6.04 Å². The van der Waals surface area contributed by atoms with Crippen molar-refractivity contribution in [1.29, 1.82) is 0 Å². The lowest BCUT2D eigenvalue weighted by Gasteiger charge is -2.19. The summed E-state index contributed by atoms with van der Waals surface area (Å²) in [7, 11) is 1.85. The molecule has 1 heterocycles. The number of aliphatic hydroxyl groups excluding tert-OH is 1. The first-order valence-electron chi connectivity index (χ1n) is 5.62. The lowest BCUT2D eigenvalue weighted by Crippen LogP contribution is -2.31. The van der Waals surface area contributed by atoms with E-state index in [1.165, 1.54) is 0 Å². The molecule has 0 saturated heterocycles. The fraction of sp³-hybridized carbons (Fsp3) is 0.308. The fourth-order valence-corrected chi connectivity index (χ4v) is 1.87. The fourth-order valence-electron chi connectivity index (χ4n) is 1.87. The molecule has 2 rings (SSSR count). The summed E-state index contributed by atoms with van der Waals surface area (Å²) in [5.41, 5.74) is 7.89. The molecule has 0 bridgehead atoms. The molecule has 90 valence electrons. The van der Waals surface area contributed by atoms with Crippen molar-refractivity contribution in [3.63, 3.8) is 0 Å². The molecule has 0 aliphatic carbocycles. The van der Waals surface area contributed by atoms with Crippen molar-refractivity contribution in [3.05, 3.63) is 54.1 Å². The van der Waals surface area contributed by atoms with Gasteiger partial charge < -0.3 is 15.4 Å². The average molecular weight is 231 g/mol. The number of aliphatic hydroxyl groups is 1. The molecule has 17 heavy (non-hydrogen) atoms. The van der Waals surface area contributed by atoms with E-state index in [2.05, 4.69) is 4.98 Å². The number of nitrogens with zero attached hydrogens (tertiary/aromatic N) is 2. The van der Waals surface area contributed by atoms with Crippen LogP contribution in [0.5, 0.6) is 0 Å². The highest BCUT2D eigenvalue weighted by atomic mass is 16.3. The van der Waals surface area contributed by atoms with Gasteiger partial charge in [-0.1, -0.05) is 30.3 Å². The van der Waals surface area contributed by atoms with Crippen LogP contribution in [0.15, 0.2) is 42.9 Å². The molecule has 0 aliphatic rings. The van der Waals surface area contributed by atoms with E-state index in [0.29, 0.717) is 6.42 Å². The van der Waals surface area contributed by atoms with Crippen LogP contribution in [-0.2, 0) is 13.5 Å². The van der Waals surface area contributed by atoms with Gasteiger partial charge in [0.15, 0.2) is 0 Å². The minimum Gasteiger partial charge on any atom is -0.385 e.